The lowest BCUT2D eigenvalue weighted by Crippen LogP contribution is -2.01. The zero-order valence-corrected chi connectivity index (χ0v) is 12.8. The van der Waals surface area contributed by atoms with Crippen LogP contribution in [0.1, 0.15) is 59.4 Å². The summed E-state index contributed by atoms with van der Waals surface area (Å²) in [6.45, 7) is 1.97. The number of aldehydes is 1. The summed E-state index contributed by atoms with van der Waals surface area (Å²) in [5, 5.41) is 9.84. The van der Waals surface area contributed by atoms with Gasteiger partial charge >= 0.3 is 0 Å². The van der Waals surface area contributed by atoms with Crippen molar-refractivity contribution in [1.29, 1.82) is 0 Å². The fourth-order valence-corrected chi connectivity index (χ4v) is 3.61. The Morgan fingerprint density at radius 2 is 2.05 bits per heavy atom. The van der Waals surface area contributed by atoms with Gasteiger partial charge in [-0.25, -0.2) is 0 Å². The number of nitrogens with zero attached hydrogens (tertiary/aromatic N) is 3. The van der Waals surface area contributed by atoms with Gasteiger partial charge in [-0.2, -0.15) is 0 Å². The SMILES string of the molecule is Cc1cc(Sc2nnc(C3CC3)n2C2CC2)ccc1C=O. The van der Waals surface area contributed by atoms with Gasteiger partial charge in [0.15, 0.2) is 5.16 Å². The van der Waals surface area contributed by atoms with Crippen molar-refractivity contribution in [2.45, 2.75) is 54.6 Å². The topological polar surface area (TPSA) is 47.8 Å². The molecule has 108 valence electrons. The van der Waals surface area contributed by atoms with E-state index >= 15 is 0 Å². The number of carbonyl (C=O) groups excluding carboxylic acids is 1. The van der Waals surface area contributed by atoms with Crippen LogP contribution in [0.25, 0.3) is 0 Å². The van der Waals surface area contributed by atoms with Crippen LogP contribution in [0.4, 0.5) is 0 Å². The molecule has 2 aliphatic carbocycles. The van der Waals surface area contributed by atoms with Gasteiger partial charge in [-0.3, -0.25) is 4.79 Å². The highest BCUT2D eigenvalue weighted by molar-refractivity contribution is 7.99. The van der Waals surface area contributed by atoms with Gasteiger partial charge < -0.3 is 4.57 Å². The second kappa shape index (κ2) is 4.98. The van der Waals surface area contributed by atoms with Crippen LogP contribution >= 0.6 is 11.8 Å². The summed E-state index contributed by atoms with van der Waals surface area (Å²) in [5.74, 6) is 1.81. The van der Waals surface area contributed by atoms with Gasteiger partial charge in [0, 0.05) is 22.4 Å². The molecule has 2 saturated carbocycles. The second-order valence-electron chi connectivity index (χ2n) is 5.95. The smallest absolute Gasteiger partial charge is 0.196 e. The van der Waals surface area contributed by atoms with Gasteiger partial charge in [-0.05, 0) is 62.1 Å². The molecule has 0 amide bonds. The molecule has 0 aliphatic heterocycles. The molecule has 0 unspecified atom stereocenters. The molecular weight excluding hydrogens is 282 g/mol. The summed E-state index contributed by atoms with van der Waals surface area (Å²) in [4.78, 5) is 12.0. The predicted octanol–water partition coefficient (Wildman–Crippen LogP) is 3.76. The van der Waals surface area contributed by atoms with Gasteiger partial charge in [0.1, 0.15) is 12.1 Å². The molecular formula is C16H17N3OS. The van der Waals surface area contributed by atoms with Gasteiger partial charge in [-0.15, -0.1) is 10.2 Å². The van der Waals surface area contributed by atoms with E-state index in [-0.39, 0.29) is 0 Å². The number of carbonyl (C=O) groups is 1. The Balaban J connectivity index is 1.65. The number of hydrogen-bond donors (Lipinski definition) is 0. The van der Waals surface area contributed by atoms with Crippen molar-refractivity contribution in [1.82, 2.24) is 14.8 Å². The van der Waals surface area contributed by atoms with Crippen molar-refractivity contribution in [3.8, 4) is 0 Å². The maximum Gasteiger partial charge on any atom is 0.196 e. The van der Waals surface area contributed by atoms with Crippen molar-refractivity contribution in [2.75, 3.05) is 0 Å². The highest BCUT2D eigenvalue weighted by Gasteiger charge is 2.36. The Morgan fingerprint density at radius 1 is 1.24 bits per heavy atom. The van der Waals surface area contributed by atoms with Crippen LogP contribution in [0, 0.1) is 6.92 Å². The van der Waals surface area contributed by atoms with Crippen molar-refractivity contribution in [2.24, 2.45) is 0 Å². The molecule has 0 bridgehead atoms. The van der Waals surface area contributed by atoms with Crippen molar-refractivity contribution in [3.05, 3.63) is 35.2 Å². The fraction of sp³-hybridized carbons (Fsp3) is 0.438. The first-order chi connectivity index (χ1) is 10.3. The highest BCUT2D eigenvalue weighted by Crippen LogP contribution is 2.46. The maximum absolute atomic E-state index is 10.9. The van der Waals surface area contributed by atoms with Gasteiger partial charge in [-0.1, -0.05) is 6.07 Å². The molecule has 0 radical (unpaired) electrons. The standard InChI is InChI=1S/C16H17N3OS/c1-10-8-14(7-4-12(10)9-20)21-16-18-17-15(11-2-3-11)19(16)13-5-6-13/h4,7-9,11,13H,2-3,5-6H2,1H3. The van der Waals surface area contributed by atoms with E-state index in [0.717, 1.165) is 27.5 Å². The number of rotatable bonds is 5. The van der Waals surface area contributed by atoms with Gasteiger partial charge in [0.25, 0.3) is 0 Å². The van der Waals surface area contributed by atoms with E-state index in [1.165, 1.54) is 31.5 Å². The summed E-state index contributed by atoms with van der Waals surface area (Å²) >= 11 is 1.66. The third kappa shape index (κ3) is 2.50. The van der Waals surface area contributed by atoms with Crippen LogP contribution in [0.15, 0.2) is 28.3 Å². The number of aryl methyl sites for hydroxylation is 1. The lowest BCUT2D eigenvalue weighted by atomic mass is 10.1. The summed E-state index contributed by atoms with van der Waals surface area (Å²) in [6, 6.07) is 6.53. The Bertz CT molecular complexity index is 702. The Morgan fingerprint density at radius 3 is 2.67 bits per heavy atom. The average Bonchev–Trinajstić information content (AvgIpc) is 3.39. The molecule has 4 rings (SSSR count). The molecule has 0 atom stereocenters. The lowest BCUT2D eigenvalue weighted by Gasteiger charge is -2.08. The molecule has 2 fully saturated rings. The molecule has 0 N–H and O–H groups in total. The first kappa shape index (κ1) is 13.1. The summed E-state index contributed by atoms with van der Waals surface area (Å²) < 4.78 is 2.35. The van der Waals surface area contributed by atoms with E-state index in [2.05, 4.69) is 20.8 Å². The minimum absolute atomic E-state index is 0.605. The zero-order chi connectivity index (χ0) is 14.4. The van der Waals surface area contributed by atoms with Gasteiger partial charge in [0.05, 0.1) is 0 Å². The van der Waals surface area contributed by atoms with E-state index in [9.17, 15) is 4.79 Å². The van der Waals surface area contributed by atoms with E-state index in [1.807, 2.05) is 19.1 Å². The minimum Gasteiger partial charge on any atom is -0.302 e. The van der Waals surface area contributed by atoms with Crippen LogP contribution in [-0.2, 0) is 0 Å². The Kier molecular flexibility index (Phi) is 3.10. The van der Waals surface area contributed by atoms with E-state index in [1.54, 1.807) is 11.8 Å². The van der Waals surface area contributed by atoms with Crippen LogP contribution in [-0.4, -0.2) is 21.1 Å². The molecule has 1 aromatic heterocycles. The van der Waals surface area contributed by atoms with Crippen molar-refractivity contribution in [3.63, 3.8) is 0 Å². The van der Waals surface area contributed by atoms with E-state index < -0.39 is 0 Å². The normalized spacial score (nSPS) is 18.0. The van der Waals surface area contributed by atoms with Crippen LogP contribution in [0.3, 0.4) is 0 Å². The Hall–Kier alpha value is -1.62. The molecule has 2 aromatic rings. The second-order valence-corrected chi connectivity index (χ2v) is 7.00. The minimum atomic E-state index is 0.605. The lowest BCUT2D eigenvalue weighted by molar-refractivity contribution is 0.112. The number of hydrogen-bond acceptors (Lipinski definition) is 4. The van der Waals surface area contributed by atoms with Crippen LogP contribution in [0.5, 0.6) is 0 Å². The van der Waals surface area contributed by atoms with Crippen molar-refractivity contribution < 1.29 is 4.79 Å². The highest BCUT2D eigenvalue weighted by atomic mass is 32.2. The first-order valence-electron chi connectivity index (χ1n) is 7.44. The van der Waals surface area contributed by atoms with Crippen molar-refractivity contribution >= 4 is 18.0 Å². The molecule has 2 aliphatic rings. The number of aromatic nitrogens is 3. The maximum atomic E-state index is 10.9. The molecule has 1 heterocycles. The van der Waals surface area contributed by atoms with Gasteiger partial charge in [0.2, 0.25) is 0 Å². The Labute approximate surface area is 128 Å². The molecule has 1 aromatic carbocycles. The fourth-order valence-electron chi connectivity index (χ4n) is 2.60. The number of benzene rings is 1. The molecule has 5 heteroatoms. The molecule has 0 spiro atoms. The van der Waals surface area contributed by atoms with Crippen LogP contribution in [0.2, 0.25) is 0 Å². The monoisotopic (exact) mass is 299 g/mol. The van der Waals surface area contributed by atoms with Crippen LogP contribution < -0.4 is 0 Å². The quantitative estimate of drug-likeness (QED) is 0.789. The predicted molar refractivity (Wildman–Crippen MR) is 81.0 cm³/mol. The van der Waals surface area contributed by atoms with E-state index in [4.69, 9.17) is 0 Å². The molecule has 21 heavy (non-hydrogen) atoms. The zero-order valence-electron chi connectivity index (χ0n) is 12.0. The third-order valence-corrected chi connectivity index (χ3v) is 5.07. The molecule has 4 nitrogen and oxygen atoms in total. The first-order valence-corrected chi connectivity index (χ1v) is 8.26. The largest absolute Gasteiger partial charge is 0.302 e. The summed E-state index contributed by atoms with van der Waals surface area (Å²) in [6.07, 6.45) is 5.90. The third-order valence-electron chi connectivity index (χ3n) is 4.12. The average molecular weight is 299 g/mol. The molecule has 0 saturated heterocycles. The summed E-state index contributed by atoms with van der Waals surface area (Å²) in [5.41, 5.74) is 1.76. The van der Waals surface area contributed by atoms with E-state index in [0.29, 0.717) is 12.0 Å². The summed E-state index contributed by atoms with van der Waals surface area (Å²) in [7, 11) is 0.